The first-order chi connectivity index (χ1) is 9.11. The van der Waals surface area contributed by atoms with Crippen LogP contribution in [0.5, 0.6) is 0 Å². The van der Waals surface area contributed by atoms with Gasteiger partial charge < -0.3 is 11.1 Å². The molecular formula is C14H17N3OS. The highest BCUT2D eigenvalue weighted by Gasteiger charge is 2.15. The van der Waals surface area contributed by atoms with Gasteiger partial charge in [-0.1, -0.05) is 24.3 Å². The first-order valence-electron chi connectivity index (χ1n) is 6.12. The maximum absolute atomic E-state index is 12.1. The summed E-state index contributed by atoms with van der Waals surface area (Å²) >= 11 is 1.41. The van der Waals surface area contributed by atoms with Gasteiger partial charge in [0.2, 0.25) is 0 Å². The highest BCUT2D eigenvalue weighted by Crippen LogP contribution is 2.17. The highest BCUT2D eigenvalue weighted by molar-refractivity contribution is 7.09. The normalized spacial score (nSPS) is 12.2. The second kappa shape index (κ2) is 5.95. The van der Waals surface area contributed by atoms with Crippen LogP contribution >= 0.6 is 11.3 Å². The molecule has 100 valence electrons. The summed E-state index contributed by atoms with van der Waals surface area (Å²) in [6.45, 7) is 4.37. The van der Waals surface area contributed by atoms with Gasteiger partial charge in [0.15, 0.2) is 0 Å². The van der Waals surface area contributed by atoms with Crippen molar-refractivity contribution in [3.05, 3.63) is 51.5 Å². The van der Waals surface area contributed by atoms with Crippen molar-refractivity contribution in [2.75, 3.05) is 0 Å². The predicted octanol–water partition coefficient (Wildman–Crippen LogP) is 2.40. The zero-order valence-electron chi connectivity index (χ0n) is 11.0. The van der Waals surface area contributed by atoms with E-state index in [1.54, 1.807) is 5.38 Å². The lowest BCUT2D eigenvalue weighted by atomic mass is 10.0. The molecule has 4 nitrogen and oxygen atoms in total. The molecule has 1 aromatic carbocycles. The molecule has 5 heteroatoms. The van der Waals surface area contributed by atoms with Crippen LogP contribution in [0.15, 0.2) is 29.6 Å². The maximum Gasteiger partial charge on any atom is 0.271 e. The van der Waals surface area contributed by atoms with Gasteiger partial charge in [-0.05, 0) is 25.0 Å². The van der Waals surface area contributed by atoms with E-state index in [0.717, 1.165) is 16.1 Å². The largest absolute Gasteiger partial charge is 0.344 e. The molecule has 0 aliphatic carbocycles. The number of aromatic nitrogens is 1. The van der Waals surface area contributed by atoms with E-state index in [0.29, 0.717) is 12.2 Å². The van der Waals surface area contributed by atoms with Crippen molar-refractivity contribution >= 4 is 17.2 Å². The Morgan fingerprint density at radius 2 is 2.21 bits per heavy atom. The zero-order chi connectivity index (χ0) is 13.8. The summed E-state index contributed by atoms with van der Waals surface area (Å²) in [6.07, 6.45) is 0. The minimum atomic E-state index is -0.160. The first-order valence-corrected chi connectivity index (χ1v) is 7.00. The number of nitrogens with zero attached hydrogens (tertiary/aromatic N) is 1. The zero-order valence-corrected chi connectivity index (χ0v) is 11.8. The van der Waals surface area contributed by atoms with Gasteiger partial charge in [-0.3, -0.25) is 4.79 Å². The van der Waals surface area contributed by atoms with Crippen LogP contribution in [0.25, 0.3) is 0 Å². The molecule has 1 unspecified atom stereocenters. The molecule has 19 heavy (non-hydrogen) atoms. The molecule has 1 amide bonds. The van der Waals surface area contributed by atoms with Gasteiger partial charge in [-0.15, -0.1) is 11.3 Å². The van der Waals surface area contributed by atoms with Crippen molar-refractivity contribution in [3.8, 4) is 0 Å². The van der Waals surface area contributed by atoms with Gasteiger partial charge in [0.05, 0.1) is 6.04 Å². The molecule has 1 atom stereocenters. The van der Waals surface area contributed by atoms with E-state index in [9.17, 15) is 4.79 Å². The smallest absolute Gasteiger partial charge is 0.271 e. The number of nitrogens with two attached hydrogens (primary N) is 1. The Balaban J connectivity index is 2.08. The lowest BCUT2D eigenvalue weighted by Gasteiger charge is -2.15. The third-order valence-electron chi connectivity index (χ3n) is 2.96. The molecule has 3 N–H and O–H groups in total. The first kappa shape index (κ1) is 13.7. The Labute approximate surface area is 116 Å². The minimum Gasteiger partial charge on any atom is -0.344 e. The summed E-state index contributed by atoms with van der Waals surface area (Å²) in [5, 5.41) is 5.47. The summed E-state index contributed by atoms with van der Waals surface area (Å²) in [4.78, 5) is 16.2. The molecule has 1 heterocycles. The average Bonchev–Trinajstić information content (AvgIpc) is 2.88. The minimum absolute atomic E-state index is 0.0447. The number of nitrogens with one attached hydrogen (secondary N) is 1. The topological polar surface area (TPSA) is 68.0 Å². The van der Waals surface area contributed by atoms with Gasteiger partial charge in [0.1, 0.15) is 10.7 Å². The van der Waals surface area contributed by atoms with Crippen molar-refractivity contribution in [3.63, 3.8) is 0 Å². The number of carbonyl (C=O) groups is 1. The molecule has 0 radical (unpaired) electrons. The van der Waals surface area contributed by atoms with Crippen LogP contribution in [0.2, 0.25) is 0 Å². The van der Waals surface area contributed by atoms with E-state index in [1.165, 1.54) is 11.3 Å². The lowest BCUT2D eigenvalue weighted by Crippen LogP contribution is -2.27. The summed E-state index contributed by atoms with van der Waals surface area (Å²) < 4.78 is 0. The number of hydrogen-bond donors (Lipinski definition) is 2. The Hall–Kier alpha value is -1.72. The third kappa shape index (κ3) is 3.19. The van der Waals surface area contributed by atoms with Gasteiger partial charge in [-0.2, -0.15) is 0 Å². The molecule has 2 rings (SSSR count). The fourth-order valence-electron chi connectivity index (χ4n) is 1.93. The van der Waals surface area contributed by atoms with Crippen molar-refractivity contribution in [1.82, 2.24) is 10.3 Å². The van der Waals surface area contributed by atoms with Crippen molar-refractivity contribution in [2.45, 2.75) is 26.4 Å². The summed E-state index contributed by atoms with van der Waals surface area (Å²) in [5.41, 5.74) is 8.21. The maximum atomic E-state index is 12.1. The molecule has 0 aliphatic heterocycles. The summed E-state index contributed by atoms with van der Waals surface area (Å²) in [6, 6.07) is 7.97. The molecule has 0 spiro atoms. The van der Waals surface area contributed by atoms with Gasteiger partial charge in [0, 0.05) is 11.9 Å². The number of thiazole rings is 1. The molecule has 0 saturated heterocycles. The Morgan fingerprint density at radius 3 is 2.84 bits per heavy atom. The molecule has 0 bridgehead atoms. The SMILES string of the molecule is Cc1ccccc1C(C)NC(=O)c1csc(CN)n1. The van der Waals surface area contributed by atoms with Crippen LogP contribution in [0, 0.1) is 6.92 Å². The Morgan fingerprint density at radius 1 is 1.47 bits per heavy atom. The van der Waals surface area contributed by atoms with Crippen LogP contribution in [-0.2, 0) is 6.54 Å². The fraction of sp³-hybridized carbons (Fsp3) is 0.286. The Bertz CT molecular complexity index is 580. The van der Waals surface area contributed by atoms with E-state index in [1.807, 2.05) is 38.1 Å². The van der Waals surface area contributed by atoms with Gasteiger partial charge >= 0.3 is 0 Å². The third-order valence-corrected chi connectivity index (χ3v) is 3.83. The van der Waals surface area contributed by atoms with E-state index in [-0.39, 0.29) is 11.9 Å². The predicted molar refractivity (Wildman–Crippen MR) is 77.1 cm³/mol. The molecule has 2 aromatic rings. The van der Waals surface area contributed by atoms with Crippen LogP contribution in [0.3, 0.4) is 0 Å². The van der Waals surface area contributed by atoms with Gasteiger partial charge in [-0.25, -0.2) is 4.98 Å². The van der Waals surface area contributed by atoms with E-state index < -0.39 is 0 Å². The monoisotopic (exact) mass is 275 g/mol. The van der Waals surface area contributed by atoms with E-state index in [4.69, 9.17) is 5.73 Å². The van der Waals surface area contributed by atoms with E-state index in [2.05, 4.69) is 10.3 Å². The van der Waals surface area contributed by atoms with Crippen molar-refractivity contribution in [2.24, 2.45) is 5.73 Å². The fourth-order valence-corrected chi connectivity index (χ4v) is 2.58. The Kier molecular flexibility index (Phi) is 4.29. The number of carbonyl (C=O) groups excluding carboxylic acids is 1. The quantitative estimate of drug-likeness (QED) is 0.900. The molecule has 0 saturated carbocycles. The van der Waals surface area contributed by atoms with Crippen LogP contribution in [0.1, 0.15) is 39.6 Å². The molecule has 1 aromatic heterocycles. The molecule has 0 fully saturated rings. The summed E-state index contributed by atoms with van der Waals surface area (Å²) in [5.74, 6) is -0.160. The lowest BCUT2D eigenvalue weighted by molar-refractivity contribution is 0.0935. The number of rotatable bonds is 4. The second-order valence-electron chi connectivity index (χ2n) is 4.38. The van der Waals surface area contributed by atoms with Crippen molar-refractivity contribution < 1.29 is 4.79 Å². The standard InChI is InChI=1S/C14H17N3OS/c1-9-5-3-4-6-11(9)10(2)16-14(18)12-8-19-13(7-15)17-12/h3-6,8,10H,7,15H2,1-2H3,(H,16,18). The van der Waals surface area contributed by atoms with Crippen LogP contribution in [-0.4, -0.2) is 10.9 Å². The second-order valence-corrected chi connectivity index (χ2v) is 5.33. The average molecular weight is 275 g/mol. The van der Waals surface area contributed by atoms with Crippen molar-refractivity contribution in [1.29, 1.82) is 0 Å². The number of hydrogen-bond acceptors (Lipinski definition) is 4. The number of amides is 1. The highest BCUT2D eigenvalue weighted by atomic mass is 32.1. The van der Waals surface area contributed by atoms with Gasteiger partial charge in [0.25, 0.3) is 5.91 Å². The van der Waals surface area contributed by atoms with Crippen LogP contribution in [0.4, 0.5) is 0 Å². The van der Waals surface area contributed by atoms with E-state index >= 15 is 0 Å². The number of aryl methyl sites for hydroxylation is 1. The van der Waals surface area contributed by atoms with Crippen LogP contribution < -0.4 is 11.1 Å². The number of benzene rings is 1. The molecular weight excluding hydrogens is 258 g/mol. The summed E-state index contributed by atoms with van der Waals surface area (Å²) in [7, 11) is 0. The molecule has 0 aliphatic rings.